The molecule has 0 saturated carbocycles. The Labute approximate surface area is 165 Å². The van der Waals surface area contributed by atoms with Crippen molar-refractivity contribution >= 4 is 17.3 Å². The molecule has 1 aliphatic heterocycles. The molecule has 4 rings (SSSR count). The van der Waals surface area contributed by atoms with E-state index in [4.69, 9.17) is 5.10 Å². The lowest BCUT2D eigenvalue weighted by Crippen LogP contribution is -2.27. The maximum atomic E-state index is 13.2. The molecule has 1 heterocycles. The molecule has 0 spiro atoms. The number of carbonyl (C=O) groups excluding carboxylic acids is 1. The van der Waals surface area contributed by atoms with Crippen molar-refractivity contribution in [3.05, 3.63) is 102 Å². The first-order valence-corrected chi connectivity index (χ1v) is 9.42. The maximum absolute atomic E-state index is 13.2. The molecule has 0 fully saturated rings. The summed E-state index contributed by atoms with van der Waals surface area (Å²) >= 11 is 0. The molecule has 3 aromatic carbocycles. The molecule has 4 heteroatoms. The quantitative estimate of drug-likeness (QED) is 0.666. The predicted molar refractivity (Wildman–Crippen MR) is 114 cm³/mol. The summed E-state index contributed by atoms with van der Waals surface area (Å²) < 4.78 is 0. The van der Waals surface area contributed by atoms with Crippen molar-refractivity contribution in [1.82, 2.24) is 5.01 Å². The van der Waals surface area contributed by atoms with Crippen molar-refractivity contribution in [1.29, 1.82) is 0 Å². The minimum absolute atomic E-state index is 0.0757. The van der Waals surface area contributed by atoms with Crippen LogP contribution in [0.15, 0.2) is 90.0 Å². The molecule has 0 aromatic heterocycles. The van der Waals surface area contributed by atoms with Gasteiger partial charge in [0, 0.05) is 31.8 Å². The third kappa shape index (κ3) is 3.54. The van der Waals surface area contributed by atoms with Crippen molar-refractivity contribution in [2.24, 2.45) is 5.10 Å². The molecule has 0 saturated heterocycles. The Morgan fingerprint density at radius 3 is 2.11 bits per heavy atom. The SMILES string of the molecule is CN(C)c1ccc([C@H]2CC(c3ccccc3)=NN2C(=O)c2ccccc2)cc1. The van der Waals surface area contributed by atoms with Crippen LogP contribution in [0, 0.1) is 0 Å². The summed E-state index contributed by atoms with van der Waals surface area (Å²) in [4.78, 5) is 15.3. The number of anilines is 1. The van der Waals surface area contributed by atoms with Gasteiger partial charge in [-0.1, -0.05) is 60.7 Å². The minimum Gasteiger partial charge on any atom is -0.378 e. The van der Waals surface area contributed by atoms with Crippen LogP contribution in [0.25, 0.3) is 0 Å². The molecule has 140 valence electrons. The largest absolute Gasteiger partial charge is 0.378 e. The van der Waals surface area contributed by atoms with Gasteiger partial charge >= 0.3 is 0 Å². The van der Waals surface area contributed by atoms with E-state index >= 15 is 0 Å². The standard InChI is InChI=1S/C24H23N3O/c1-26(2)21-15-13-19(14-16-21)23-17-22(18-9-5-3-6-10-18)25-27(23)24(28)20-11-7-4-8-12-20/h3-16,23H,17H2,1-2H3/t23-/m1/s1. The number of rotatable bonds is 4. The van der Waals surface area contributed by atoms with Crippen LogP contribution >= 0.6 is 0 Å². The second-order valence-electron chi connectivity index (χ2n) is 7.13. The first-order chi connectivity index (χ1) is 13.6. The van der Waals surface area contributed by atoms with Gasteiger partial charge in [0.25, 0.3) is 5.91 Å². The fourth-order valence-corrected chi connectivity index (χ4v) is 3.47. The van der Waals surface area contributed by atoms with Gasteiger partial charge in [0.15, 0.2) is 0 Å². The highest BCUT2D eigenvalue weighted by Gasteiger charge is 2.33. The van der Waals surface area contributed by atoms with Crippen LogP contribution in [-0.2, 0) is 0 Å². The zero-order valence-corrected chi connectivity index (χ0v) is 16.1. The van der Waals surface area contributed by atoms with Crippen molar-refractivity contribution in [2.45, 2.75) is 12.5 Å². The van der Waals surface area contributed by atoms with E-state index < -0.39 is 0 Å². The van der Waals surface area contributed by atoms with Crippen molar-refractivity contribution < 1.29 is 4.79 Å². The lowest BCUT2D eigenvalue weighted by Gasteiger charge is -2.23. The first kappa shape index (κ1) is 18.0. The van der Waals surface area contributed by atoms with E-state index in [-0.39, 0.29) is 11.9 Å². The van der Waals surface area contributed by atoms with Gasteiger partial charge < -0.3 is 4.90 Å². The smallest absolute Gasteiger partial charge is 0.274 e. The number of amides is 1. The van der Waals surface area contributed by atoms with E-state index in [1.54, 1.807) is 5.01 Å². The second kappa shape index (κ2) is 7.69. The number of benzene rings is 3. The van der Waals surface area contributed by atoms with Gasteiger partial charge in [-0.05, 0) is 35.4 Å². The van der Waals surface area contributed by atoms with Crippen LogP contribution in [0.1, 0.15) is 33.9 Å². The molecule has 28 heavy (non-hydrogen) atoms. The van der Waals surface area contributed by atoms with Gasteiger partial charge in [-0.3, -0.25) is 4.79 Å². The predicted octanol–water partition coefficient (Wildman–Crippen LogP) is 4.74. The maximum Gasteiger partial charge on any atom is 0.274 e. The molecule has 4 nitrogen and oxygen atoms in total. The lowest BCUT2D eigenvalue weighted by molar-refractivity contribution is 0.0711. The Hall–Kier alpha value is -3.40. The Balaban J connectivity index is 1.70. The highest BCUT2D eigenvalue weighted by atomic mass is 16.2. The Kier molecular flexibility index (Phi) is 4.94. The number of carbonyl (C=O) groups is 1. The number of hydrazone groups is 1. The Morgan fingerprint density at radius 1 is 0.893 bits per heavy atom. The van der Waals surface area contributed by atoms with E-state index in [1.807, 2.05) is 74.8 Å². The van der Waals surface area contributed by atoms with Crippen molar-refractivity contribution in [3.8, 4) is 0 Å². The molecule has 0 radical (unpaired) electrons. The molecule has 0 bridgehead atoms. The van der Waals surface area contributed by atoms with Gasteiger partial charge in [-0.15, -0.1) is 0 Å². The zero-order valence-electron chi connectivity index (χ0n) is 16.1. The van der Waals surface area contributed by atoms with Crippen LogP contribution < -0.4 is 4.90 Å². The highest BCUT2D eigenvalue weighted by Crippen LogP contribution is 2.34. The van der Waals surface area contributed by atoms with Crippen LogP contribution in [0.5, 0.6) is 0 Å². The summed E-state index contributed by atoms with van der Waals surface area (Å²) in [6.07, 6.45) is 0.698. The number of hydrogen-bond acceptors (Lipinski definition) is 3. The number of nitrogens with zero attached hydrogens (tertiary/aromatic N) is 3. The summed E-state index contributed by atoms with van der Waals surface area (Å²) in [7, 11) is 4.04. The molecular formula is C24H23N3O. The van der Waals surface area contributed by atoms with Gasteiger partial charge in [-0.25, -0.2) is 5.01 Å². The molecule has 3 aromatic rings. The lowest BCUT2D eigenvalue weighted by atomic mass is 9.98. The molecular weight excluding hydrogens is 346 g/mol. The third-order valence-corrected chi connectivity index (χ3v) is 5.04. The average Bonchev–Trinajstić information content (AvgIpc) is 3.20. The fourth-order valence-electron chi connectivity index (χ4n) is 3.47. The third-order valence-electron chi connectivity index (χ3n) is 5.04. The van der Waals surface area contributed by atoms with E-state index in [9.17, 15) is 4.79 Å². The van der Waals surface area contributed by atoms with Gasteiger partial charge in [0.1, 0.15) is 0 Å². The molecule has 1 aliphatic rings. The molecule has 1 amide bonds. The summed E-state index contributed by atoms with van der Waals surface area (Å²) in [5, 5.41) is 6.38. The van der Waals surface area contributed by atoms with Crippen LogP contribution in [0.2, 0.25) is 0 Å². The van der Waals surface area contributed by atoms with E-state index in [0.29, 0.717) is 12.0 Å². The van der Waals surface area contributed by atoms with Gasteiger partial charge in [-0.2, -0.15) is 5.10 Å². The summed E-state index contributed by atoms with van der Waals surface area (Å²) in [6, 6.07) is 27.7. The van der Waals surface area contributed by atoms with Gasteiger partial charge in [0.2, 0.25) is 0 Å². The van der Waals surface area contributed by atoms with E-state index in [0.717, 1.165) is 22.5 Å². The Bertz CT molecular complexity index is 979. The topological polar surface area (TPSA) is 35.9 Å². The Morgan fingerprint density at radius 2 is 1.50 bits per heavy atom. The van der Waals surface area contributed by atoms with Crippen molar-refractivity contribution in [2.75, 3.05) is 19.0 Å². The summed E-state index contributed by atoms with van der Waals surface area (Å²) in [6.45, 7) is 0. The number of hydrogen-bond donors (Lipinski definition) is 0. The fraction of sp³-hybridized carbons (Fsp3) is 0.167. The van der Waals surface area contributed by atoms with E-state index in [2.05, 4.69) is 29.2 Å². The summed E-state index contributed by atoms with van der Waals surface area (Å²) in [5.74, 6) is -0.0757. The second-order valence-corrected chi connectivity index (χ2v) is 7.13. The molecule has 0 aliphatic carbocycles. The highest BCUT2D eigenvalue weighted by molar-refractivity contribution is 6.05. The van der Waals surface area contributed by atoms with Crippen LogP contribution in [0.4, 0.5) is 5.69 Å². The first-order valence-electron chi connectivity index (χ1n) is 9.42. The molecule has 0 unspecified atom stereocenters. The minimum atomic E-state index is -0.112. The van der Waals surface area contributed by atoms with Crippen LogP contribution in [-0.4, -0.2) is 30.7 Å². The van der Waals surface area contributed by atoms with Gasteiger partial charge in [0.05, 0.1) is 11.8 Å². The monoisotopic (exact) mass is 369 g/mol. The van der Waals surface area contributed by atoms with Crippen molar-refractivity contribution in [3.63, 3.8) is 0 Å². The van der Waals surface area contributed by atoms with Crippen LogP contribution in [0.3, 0.4) is 0 Å². The summed E-state index contributed by atoms with van der Waals surface area (Å²) in [5.41, 5.74) is 4.86. The molecule has 0 N–H and O–H groups in total. The van der Waals surface area contributed by atoms with E-state index in [1.165, 1.54) is 0 Å². The normalized spacial score (nSPS) is 16.0. The zero-order chi connectivity index (χ0) is 19.5. The average molecular weight is 369 g/mol. The molecule has 1 atom stereocenters.